The minimum Gasteiger partial charge on any atom is -0.497 e. The largest absolute Gasteiger partial charge is 0.497 e. The van der Waals surface area contributed by atoms with Crippen LogP contribution in [0.3, 0.4) is 0 Å². The van der Waals surface area contributed by atoms with E-state index in [1.807, 2.05) is 31.2 Å². The third-order valence-corrected chi connectivity index (χ3v) is 5.36. The van der Waals surface area contributed by atoms with Gasteiger partial charge < -0.3 is 14.2 Å². The summed E-state index contributed by atoms with van der Waals surface area (Å²) >= 11 is 0. The predicted molar refractivity (Wildman–Crippen MR) is 105 cm³/mol. The van der Waals surface area contributed by atoms with Crippen LogP contribution in [0.25, 0.3) is 0 Å². The highest BCUT2D eigenvalue weighted by Gasteiger charge is 2.14. The first-order valence-corrected chi connectivity index (χ1v) is 10.4. The van der Waals surface area contributed by atoms with Crippen LogP contribution in [0.2, 0.25) is 0 Å². The summed E-state index contributed by atoms with van der Waals surface area (Å²) in [6.45, 7) is 2.56. The number of sulfonamides is 1. The summed E-state index contributed by atoms with van der Waals surface area (Å²) in [5.74, 6) is 0.908. The highest BCUT2D eigenvalue weighted by molar-refractivity contribution is 7.89. The van der Waals surface area contributed by atoms with Crippen molar-refractivity contribution in [2.24, 2.45) is 0 Å². The van der Waals surface area contributed by atoms with E-state index in [1.165, 1.54) is 12.1 Å². The van der Waals surface area contributed by atoms with Crippen molar-refractivity contribution in [1.29, 1.82) is 0 Å². The van der Waals surface area contributed by atoms with Gasteiger partial charge in [-0.3, -0.25) is 4.79 Å². The summed E-state index contributed by atoms with van der Waals surface area (Å²) in [5.41, 5.74) is 1.02. The second kappa shape index (κ2) is 10.7. The Kier molecular flexibility index (Phi) is 8.28. The Balaban J connectivity index is 1.71. The molecule has 0 atom stereocenters. The maximum absolute atomic E-state index is 12.2. The summed E-state index contributed by atoms with van der Waals surface area (Å²) in [6, 6.07) is 13.6. The van der Waals surface area contributed by atoms with Crippen LogP contribution in [0.5, 0.6) is 11.5 Å². The lowest BCUT2D eigenvalue weighted by Crippen LogP contribution is -2.27. The van der Waals surface area contributed by atoms with E-state index in [1.54, 1.807) is 19.2 Å². The van der Waals surface area contributed by atoms with E-state index in [0.717, 1.165) is 11.3 Å². The van der Waals surface area contributed by atoms with Crippen LogP contribution in [0.4, 0.5) is 0 Å². The molecule has 0 aromatic heterocycles. The summed E-state index contributed by atoms with van der Waals surface area (Å²) in [7, 11) is -2.08. The predicted octanol–water partition coefficient (Wildman–Crippen LogP) is 2.55. The Labute approximate surface area is 165 Å². The molecular formula is C20H25NO6S. The standard InChI is InChI=1S/C20H25NO6S/c1-3-26-18-8-10-19(11-9-18)28(23,24)21-14-12-20(22)27-15-13-16-4-6-17(25-2)7-5-16/h4-11,21H,3,12-15H2,1-2H3. The number of methoxy groups -OCH3 is 1. The number of hydrogen-bond acceptors (Lipinski definition) is 6. The van der Waals surface area contributed by atoms with Gasteiger partial charge in [-0.2, -0.15) is 0 Å². The first kappa shape index (κ1) is 21.7. The van der Waals surface area contributed by atoms with Crippen molar-refractivity contribution < 1.29 is 27.4 Å². The molecule has 28 heavy (non-hydrogen) atoms. The van der Waals surface area contributed by atoms with E-state index < -0.39 is 16.0 Å². The van der Waals surface area contributed by atoms with Gasteiger partial charge in [0.15, 0.2) is 0 Å². The summed E-state index contributed by atoms with van der Waals surface area (Å²) in [6.07, 6.45) is 0.534. The number of benzene rings is 2. The number of nitrogens with one attached hydrogen (secondary N) is 1. The van der Waals surface area contributed by atoms with Gasteiger partial charge in [-0.05, 0) is 48.9 Å². The molecule has 0 spiro atoms. The zero-order valence-electron chi connectivity index (χ0n) is 16.0. The zero-order chi connectivity index (χ0) is 20.4. The average Bonchev–Trinajstić information content (AvgIpc) is 2.69. The number of rotatable bonds is 11. The van der Waals surface area contributed by atoms with Crippen molar-refractivity contribution in [3.05, 3.63) is 54.1 Å². The molecule has 0 aliphatic rings. The normalized spacial score (nSPS) is 11.1. The van der Waals surface area contributed by atoms with E-state index in [2.05, 4.69) is 4.72 Å². The SMILES string of the molecule is CCOc1ccc(S(=O)(=O)NCCC(=O)OCCc2ccc(OC)cc2)cc1. The minimum absolute atomic E-state index is 0.0308. The Morgan fingerprint density at radius 3 is 2.25 bits per heavy atom. The van der Waals surface area contributed by atoms with Crippen molar-refractivity contribution in [3.8, 4) is 11.5 Å². The van der Waals surface area contributed by atoms with Crippen molar-refractivity contribution in [2.45, 2.75) is 24.7 Å². The van der Waals surface area contributed by atoms with Gasteiger partial charge in [-0.1, -0.05) is 12.1 Å². The third kappa shape index (κ3) is 6.86. The minimum atomic E-state index is -3.68. The lowest BCUT2D eigenvalue weighted by molar-refractivity contribution is -0.143. The van der Waals surface area contributed by atoms with Gasteiger partial charge in [0.05, 0.1) is 31.6 Å². The molecule has 0 amide bonds. The molecule has 2 aromatic carbocycles. The molecule has 0 unspecified atom stereocenters. The lowest BCUT2D eigenvalue weighted by atomic mass is 10.1. The topological polar surface area (TPSA) is 90.9 Å². The molecule has 2 aromatic rings. The molecule has 2 rings (SSSR count). The number of carbonyl (C=O) groups excluding carboxylic acids is 1. The van der Waals surface area contributed by atoms with Crippen LogP contribution in [0.15, 0.2) is 53.4 Å². The smallest absolute Gasteiger partial charge is 0.307 e. The first-order chi connectivity index (χ1) is 13.4. The molecule has 0 saturated carbocycles. The lowest BCUT2D eigenvalue weighted by Gasteiger charge is -2.09. The molecule has 152 valence electrons. The third-order valence-electron chi connectivity index (χ3n) is 3.88. The van der Waals surface area contributed by atoms with Gasteiger partial charge in [0.25, 0.3) is 0 Å². The van der Waals surface area contributed by atoms with E-state index in [4.69, 9.17) is 14.2 Å². The molecule has 0 fully saturated rings. The molecule has 7 nitrogen and oxygen atoms in total. The van der Waals surface area contributed by atoms with Gasteiger partial charge in [0.1, 0.15) is 11.5 Å². The monoisotopic (exact) mass is 407 g/mol. The number of esters is 1. The average molecular weight is 407 g/mol. The van der Waals surface area contributed by atoms with Crippen LogP contribution in [-0.4, -0.2) is 41.3 Å². The van der Waals surface area contributed by atoms with Crippen LogP contribution in [0, 0.1) is 0 Å². The van der Waals surface area contributed by atoms with Gasteiger partial charge in [-0.25, -0.2) is 13.1 Å². The Morgan fingerprint density at radius 2 is 1.64 bits per heavy atom. The molecular weight excluding hydrogens is 382 g/mol. The van der Waals surface area contributed by atoms with Crippen molar-refractivity contribution in [2.75, 3.05) is 26.9 Å². The molecule has 8 heteroatoms. The molecule has 0 saturated heterocycles. The molecule has 0 aliphatic carbocycles. The Hall–Kier alpha value is -2.58. The van der Waals surface area contributed by atoms with Gasteiger partial charge in [-0.15, -0.1) is 0 Å². The van der Waals surface area contributed by atoms with Crippen LogP contribution < -0.4 is 14.2 Å². The molecule has 1 N–H and O–H groups in total. The summed E-state index contributed by atoms with van der Waals surface area (Å²) in [4.78, 5) is 11.9. The highest BCUT2D eigenvalue weighted by Crippen LogP contribution is 2.16. The summed E-state index contributed by atoms with van der Waals surface area (Å²) < 4.78 is 42.3. The van der Waals surface area contributed by atoms with Gasteiger partial charge in [0.2, 0.25) is 10.0 Å². The van der Waals surface area contributed by atoms with Crippen molar-refractivity contribution >= 4 is 16.0 Å². The fourth-order valence-corrected chi connectivity index (χ4v) is 3.43. The van der Waals surface area contributed by atoms with Crippen molar-refractivity contribution in [1.82, 2.24) is 4.72 Å². The Morgan fingerprint density at radius 1 is 1.00 bits per heavy atom. The number of ether oxygens (including phenoxy) is 3. The first-order valence-electron chi connectivity index (χ1n) is 8.95. The quantitative estimate of drug-likeness (QED) is 0.576. The molecule has 0 bridgehead atoms. The van der Waals surface area contributed by atoms with Gasteiger partial charge >= 0.3 is 5.97 Å². The molecule has 0 heterocycles. The maximum Gasteiger partial charge on any atom is 0.307 e. The maximum atomic E-state index is 12.2. The van der Waals surface area contributed by atoms with E-state index in [0.29, 0.717) is 18.8 Å². The number of carbonyl (C=O) groups is 1. The Bertz CT molecular complexity index is 847. The second-order valence-corrected chi connectivity index (χ2v) is 7.64. The van der Waals surface area contributed by atoms with E-state index in [-0.39, 0.29) is 24.5 Å². The second-order valence-electron chi connectivity index (χ2n) is 5.87. The van der Waals surface area contributed by atoms with E-state index >= 15 is 0 Å². The molecule has 0 radical (unpaired) electrons. The number of hydrogen-bond donors (Lipinski definition) is 1. The fraction of sp³-hybridized carbons (Fsp3) is 0.350. The van der Waals surface area contributed by atoms with Crippen LogP contribution in [-0.2, 0) is 26.0 Å². The zero-order valence-corrected chi connectivity index (χ0v) is 16.8. The van der Waals surface area contributed by atoms with Crippen molar-refractivity contribution in [3.63, 3.8) is 0 Å². The molecule has 0 aliphatic heterocycles. The van der Waals surface area contributed by atoms with Crippen LogP contribution in [0.1, 0.15) is 18.9 Å². The summed E-state index contributed by atoms with van der Waals surface area (Å²) in [5, 5.41) is 0. The van der Waals surface area contributed by atoms with E-state index in [9.17, 15) is 13.2 Å². The van der Waals surface area contributed by atoms with Crippen LogP contribution >= 0.6 is 0 Å². The highest BCUT2D eigenvalue weighted by atomic mass is 32.2. The van der Waals surface area contributed by atoms with Gasteiger partial charge in [0, 0.05) is 13.0 Å². The fourth-order valence-electron chi connectivity index (χ4n) is 2.40.